The normalized spacial score (nSPS) is 12.5. The van der Waals surface area contributed by atoms with Crippen LogP contribution in [0.3, 0.4) is 0 Å². The van der Waals surface area contributed by atoms with Crippen molar-refractivity contribution in [2.24, 2.45) is 0 Å². The zero-order valence-electron chi connectivity index (χ0n) is 7.00. The van der Waals surface area contributed by atoms with Crippen molar-refractivity contribution < 1.29 is 9.50 Å². The van der Waals surface area contributed by atoms with Crippen molar-refractivity contribution in [1.29, 1.82) is 0 Å². The number of aliphatic hydroxyl groups is 1. The Morgan fingerprint density at radius 1 is 1.62 bits per heavy atom. The van der Waals surface area contributed by atoms with Gasteiger partial charge in [0, 0.05) is 10.0 Å². The van der Waals surface area contributed by atoms with Gasteiger partial charge in [0.05, 0.1) is 6.10 Å². The van der Waals surface area contributed by atoms with Crippen LogP contribution in [0.15, 0.2) is 35.3 Å². The van der Waals surface area contributed by atoms with Gasteiger partial charge >= 0.3 is 0 Å². The molecule has 0 saturated heterocycles. The lowest BCUT2D eigenvalue weighted by Crippen LogP contribution is -1.99. The monoisotopic (exact) mass is 244 g/mol. The summed E-state index contributed by atoms with van der Waals surface area (Å²) in [4.78, 5) is 0. The van der Waals surface area contributed by atoms with E-state index in [9.17, 15) is 9.50 Å². The van der Waals surface area contributed by atoms with Gasteiger partial charge in [0.2, 0.25) is 0 Å². The summed E-state index contributed by atoms with van der Waals surface area (Å²) in [5.74, 6) is -0.391. The zero-order chi connectivity index (χ0) is 9.84. The molecule has 3 heteroatoms. The molecule has 1 aromatic carbocycles. The molecule has 0 radical (unpaired) electrons. The van der Waals surface area contributed by atoms with Crippen molar-refractivity contribution in [2.75, 3.05) is 0 Å². The first kappa shape index (κ1) is 10.4. The highest BCUT2D eigenvalue weighted by atomic mass is 79.9. The summed E-state index contributed by atoms with van der Waals surface area (Å²) < 4.78 is 13.9. The topological polar surface area (TPSA) is 20.2 Å². The predicted octanol–water partition coefficient (Wildman–Crippen LogP) is 3.20. The molecule has 1 nitrogen and oxygen atoms in total. The van der Waals surface area contributed by atoms with Crippen LogP contribution < -0.4 is 0 Å². The van der Waals surface area contributed by atoms with Crippen LogP contribution in [0.5, 0.6) is 0 Å². The Morgan fingerprint density at radius 3 is 2.92 bits per heavy atom. The second kappa shape index (κ2) is 4.53. The Kier molecular flexibility index (Phi) is 3.63. The van der Waals surface area contributed by atoms with Gasteiger partial charge in [-0.15, -0.1) is 6.58 Å². The van der Waals surface area contributed by atoms with Crippen molar-refractivity contribution in [1.82, 2.24) is 0 Å². The summed E-state index contributed by atoms with van der Waals surface area (Å²) in [6.07, 6.45) is 1.10. The summed E-state index contributed by atoms with van der Waals surface area (Å²) in [6.45, 7) is 3.48. The molecule has 0 amide bonds. The highest BCUT2D eigenvalue weighted by molar-refractivity contribution is 9.10. The maximum atomic E-state index is 13.1. The summed E-state index contributed by atoms with van der Waals surface area (Å²) in [5, 5.41) is 9.49. The maximum Gasteiger partial charge on any atom is 0.129 e. The fraction of sp³-hybridized carbons (Fsp3) is 0.200. The fourth-order valence-corrected chi connectivity index (χ4v) is 1.43. The largest absolute Gasteiger partial charge is 0.388 e. The van der Waals surface area contributed by atoms with Crippen LogP contribution in [-0.2, 0) is 0 Å². The number of aliphatic hydroxyl groups excluding tert-OH is 1. The van der Waals surface area contributed by atoms with E-state index in [1.54, 1.807) is 18.2 Å². The van der Waals surface area contributed by atoms with E-state index in [0.717, 1.165) is 4.47 Å². The molecule has 0 aliphatic rings. The van der Waals surface area contributed by atoms with Crippen molar-refractivity contribution >= 4 is 15.9 Å². The molecule has 0 aliphatic carbocycles. The van der Waals surface area contributed by atoms with Crippen LogP contribution in [0.2, 0.25) is 0 Å². The van der Waals surface area contributed by atoms with Crippen LogP contribution in [0.25, 0.3) is 0 Å². The van der Waals surface area contributed by atoms with E-state index in [2.05, 4.69) is 22.5 Å². The molecule has 70 valence electrons. The maximum absolute atomic E-state index is 13.1. The molecule has 0 bridgehead atoms. The second-order valence-corrected chi connectivity index (χ2v) is 3.62. The standard InChI is InChI=1S/C10H10BrFO/c1-2-3-10(13)8-6-7(11)4-5-9(8)12/h2,4-6,10,13H,1,3H2. The quantitative estimate of drug-likeness (QED) is 0.810. The number of rotatable bonds is 3. The Labute approximate surface area is 85.0 Å². The second-order valence-electron chi connectivity index (χ2n) is 2.71. The van der Waals surface area contributed by atoms with Gasteiger partial charge in [-0.05, 0) is 24.6 Å². The van der Waals surface area contributed by atoms with E-state index in [4.69, 9.17) is 0 Å². The van der Waals surface area contributed by atoms with E-state index in [-0.39, 0.29) is 0 Å². The molecule has 1 rings (SSSR count). The number of hydrogen-bond donors (Lipinski definition) is 1. The lowest BCUT2D eigenvalue weighted by molar-refractivity contribution is 0.176. The number of hydrogen-bond acceptors (Lipinski definition) is 1. The fourth-order valence-electron chi connectivity index (χ4n) is 1.05. The predicted molar refractivity (Wildman–Crippen MR) is 53.9 cm³/mol. The Bertz CT molecular complexity index is 312. The van der Waals surface area contributed by atoms with Crippen LogP contribution >= 0.6 is 15.9 Å². The van der Waals surface area contributed by atoms with Gasteiger partial charge in [0.25, 0.3) is 0 Å². The Hall–Kier alpha value is -0.670. The van der Waals surface area contributed by atoms with Crippen molar-refractivity contribution in [3.05, 3.63) is 46.7 Å². The van der Waals surface area contributed by atoms with Gasteiger partial charge in [-0.25, -0.2) is 4.39 Å². The van der Waals surface area contributed by atoms with E-state index in [1.165, 1.54) is 6.07 Å². The third kappa shape index (κ3) is 2.64. The average Bonchev–Trinajstić information content (AvgIpc) is 2.09. The zero-order valence-corrected chi connectivity index (χ0v) is 8.59. The highest BCUT2D eigenvalue weighted by Crippen LogP contribution is 2.23. The Balaban J connectivity index is 2.97. The van der Waals surface area contributed by atoms with Gasteiger partial charge in [0.15, 0.2) is 0 Å². The van der Waals surface area contributed by atoms with E-state index in [1.807, 2.05) is 0 Å². The third-order valence-corrected chi connectivity index (χ3v) is 2.20. The summed E-state index contributed by atoms with van der Waals surface area (Å²) >= 11 is 3.21. The Morgan fingerprint density at radius 2 is 2.31 bits per heavy atom. The smallest absolute Gasteiger partial charge is 0.129 e. The highest BCUT2D eigenvalue weighted by Gasteiger charge is 2.11. The van der Waals surface area contributed by atoms with E-state index < -0.39 is 11.9 Å². The first-order valence-electron chi connectivity index (χ1n) is 3.89. The molecule has 0 saturated carbocycles. The van der Waals surface area contributed by atoms with Crippen molar-refractivity contribution in [3.63, 3.8) is 0 Å². The third-order valence-electron chi connectivity index (χ3n) is 1.71. The van der Waals surface area contributed by atoms with Crippen molar-refractivity contribution in [2.45, 2.75) is 12.5 Å². The molecule has 13 heavy (non-hydrogen) atoms. The molecule has 0 aliphatic heterocycles. The minimum absolute atomic E-state index is 0.300. The lowest BCUT2D eigenvalue weighted by atomic mass is 10.1. The van der Waals surface area contributed by atoms with Crippen LogP contribution in [-0.4, -0.2) is 5.11 Å². The molecule has 1 aromatic rings. The summed E-state index contributed by atoms with van der Waals surface area (Å²) in [6, 6.07) is 4.49. The molecular weight excluding hydrogens is 235 g/mol. The van der Waals surface area contributed by atoms with Crippen LogP contribution in [0.1, 0.15) is 18.1 Å². The van der Waals surface area contributed by atoms with E-state index in [0.29, 0.717) is 12.0 Å². The van der Waals surface area contributed by atoms with Gasteiger partial charge in [-0.2, -0.15) is 0 Å². The molecule has 0 aromatic heterocycles. The van der Waals surface area contributed by atoms with Gasteiger partial charge in [0.1, 0.15) is 5.82 Å². The molecule has 1 N–H and O–H groups in total. The van der Waals surface area contributed by atoms with Gasteiger partial charge in [-0.1, -0.05) is 22.0 Å². The first-order valence-corrected chi connectivity index (χ1v) is 4.68. The first-order chi connectivity index (χ1) is 6.15. The van der Waals surface area contributed by atoms with Crippen LogP contribution in [0, 0.1) is 5.82 Å². The minimum Gasteiger partial charge on any atom is -0.388 e. The summed E-state index contributed by atoms with van der Waals surface area (Å²) in [5.41, 5.74) is 0.300. The van der Waals surface area contributed by atoms with E-state index >= 15 is 0 Å². The SMILES string of the molecule is C=CCC(O)c1cc(Br)ccc1F. The molecule has 1 unspecified atom stereocenters. The lowest BCUT2D eigenvalue weighted by Gasteiger charge is -2.09. The molecular formula is C10H10BrFO. The average molecular weight is 245 g/mol. The molecule has 0 spiro atoms. The summed E-state index contributed by atoms with van der Waals surface area (Å²) in [7, 11) is 0. The van der Waals surface area contributed by atoms with Crippen molar-refractivity contribution in [3.8, 4) is 0 Å². The molecule has 0 fully saturated rings. The number of halogens is 2. The van der Waals surface area contributed by atoms with Gasteiger partial charge < -0.3 is 5.11 Å². The van der Waals surface area contributed by atoms with Gasteiger partial charge in [-0.3, -0.25) is 0 Å². The van der Waals surface area contributed by atoms with Crippen LogP contribution in [0.4, 0.5) is 4.39 Å². The molecule has 0 heterocycles. The minimum atomic E-state index is -0.810. The number of benzene rings is 1. The molecule has 1 atom stereocenters.